The molecule has 210 valence electrons. The number of anilines is 1. The van der Waals surface area contributed by atoms with Gasteiger partial charge in [-0.15, -0.1) is 0 Å². The number of likely N-dealkylation sites (tertiary alicyclic amines) is 1. The Labute approximate surface area is 237 Å². The lowest BCUT2D eigenvalue weighted by molar-refractivity contribution is -0.136. The number of carbonyl (C=O) groups is 3. The maximum Gasteiger partial charge on any atom is 0.326 e. The molecule has 0 radical (unpaired) electrons. The fourth-order valence-electron chi connectivity index (χ4n) is 6.16. The molecule has 4 aliphatic rings. The molecule has 3 unspecified atom stereocenters. The first-order valence-electron chi connectivity index (χ1n) is 13.7. The highest BCUT2D eigenvalue weighted by atomic mass is 32.2. The van der Waals surface area contributed by atoms with Crippen LogP contribution in [0.2, 0.25) is 0 Å². The van der Waals surface area contributed by atoms with Crippen molar-refractivity contribution in [2.75, 3.05) is 31.1 Å². The van der Waals surface area contributed by atoms with Crippen molar-refractivity contribution < 1.29 is 24.2 Å². The number of ether oxygens (including phenoxy) is 1. The van der Waals surface area contributed by atoms with E-state index in [9.17, 15) is 19.5 Å². The van der Waals surface area contributed by atoms with Crippen LogP contribution in [0.3, 0.4) is 0 Å². The highest BCUT2D eigenvalue weighted by molar-refractivity contribution is 8.04. The van der Waals surface area contributed by atoms with Crippen molar-refractivity contribution >= 4 is 35.3 Å². The number of amides is 4. The summed E-state index contributed by atoms with van der Waals surface area (Å²) in [7, 11) is 0. The Morgan fingerprint density at radius 1 is 1.15 bits per heavy atom. The summed E-state index contributed by atoms with van der Waals surface area (Å²) in [6, 6.07) is 14.8. The van der Waals surface area contributed by atoms with Crippen molar-refractivity contribution in [2.45, 2.75) is 43.6 Å². The number of nitrogens with one attached hydrogen (secondary N) is 3. The quantitative estimate of drug-likeness (QED) is 0.426. The first-order chi connectivity index (χ1) is 19.4. The van der Waals surface area contributed by atoms with Gasteiger partial charge in [-0.3, -0.25) is 14.5 Å². The number of aryl methyl sites for hydroxylation is 1. The Bertz CT molecular complexity index is 1350. The maximum atomic E-state index is 13.6. The van der Waals surface area contributed by atoms with Gasteiger partial charge in [-0.1, -0.05) is 30.0 Å². The molecule has 0 saturated carbocycles. The number of nitrogens with zero attached hydrogens (tertiary/aromatic N) is 2. The topological polar surface area (TPSA) is 123 Å². The molecule has 0 spiro atoms. The molecule has 4 atom stereocenters. The number of piperidine rings is 2. The summed E-state index contributed by atoms with van der Waals surface area (Å²) < 4.78 is 5.99. The molecule has 6 rings (SSSR count). The summed E-state index contributed by atoms with van der Waals surface area (Å²) >= 11 is 1.46. The minimum Gasteiger partial charge on any atom is -0.457 e. The van der Waals surface area contributed by atoms with Crippen LogP contribution in [0, 0.1) is 12.8 Å². The van der Waals surface area contributed by atoms with E-state index in [-0.39, 0.29) is 41.2 Å². The van der Waals surface area contributed by atoms with E-state index in [0.29, 0.717) is 29.4 Å². The molecule has 0 aromatic heterocycles. The van der Waals surface area contributed by atoms with Crippen LogP contribution in [0.25, 0.3) is 0 Å². The number of para-hydroxylation sites is 1. The summed E-state index contributed by atoms with van der Waals surface area (Å²) in [5, 5.41) is 18.8. The largest absolute Gasteiger partial charge is 0.457 e. The molecular formula is C29H33N5O5S. The average Bonchev–Trinajstić information content (AvgIpc) is 3.33. The summed E-state index contributed by atoms with van der Waals surface area (Å²) in [4.78, 5) is 43.0. The predicted molar refractivity (Wildman–Crippen MR) is 152 cm³/mol. The van der Waals surface area contributed by atoms with Gasteiger partial charge in [0.2, 0.25) is 5.91 Å². The summed E-state index contributed by atoms with van der Waals surface area (Å²) in [6.07, 6.45) is 2.27. The summed E-state index contributed by atoms with van der Waals surface area (Å²) in [5.74, 6) is 0.826. The zero-order valence-corrected chi connectivity index (χ0v) is 23.1. The number of benzene rings is 2. The van der Waals surface area contributed by atoms with Crippen molar-refractivity contribution in [2.24, 2.45) is 5.92 Å². The first-order valence-corrected chi connectivity index (χ1v) is 14.6. The second-order valence-corrected chi connectivity index (χ2v) is 11.7. The third kappa shape index (κ3) is 5.04. The van der Waals surface area contributed by atoms with Crippen LogP contribution in [-0.4, -0.2) is 71.6 Å². The molecule has 4 N–H and O–H groups in total. The zero-order valence-electron chi connectivity index (χ0n) is 22.3. The van der Waals surface area contributed by atoms with Gasteiger partial charge in [-0.05, 0) is 68.6 Å². The van der Waals surface area contributed by atoms with Crippen molar-refractivity contribution in [3.8, 4) is 11.5 Å². The standard InChI is InChI=1S/C29H33N5O5S/c1-17-14-20(39-19-7-3-2-4-8-19)9-10-21(17)34-22-11-12-30-28-24(22)25(32-29(34)38)26(40-28)27(37)31-18-6-5-13-33(15-18)23(36)16-35/h2-4,7-10,14,18,22,24,28,30,35H,5-6,11-13,15-16H2,1H3,(H,31,37)(H,32,38)/t18-,22?,24?,28?/m1/s1. The number of carbonyl (C=O) groups excluding carboxylic acids is 3. The van der Waals surface area contributed by atoms with Gasteiger partial charge >= 0.3 is 6.03 Å². The monoisotopic (exact) mass is 563 g/mol. The van der Waals surface area contributed by atoms with Crippen LogP contribution in [0.5, 0.6) is 11.5 Å². The molecule has 3 saturated heterocycles. The van der Waals surface area contributed by atoms with Gasteiger partial charge in [0.15, 0.2) is 0 Å². The number of aliphatic hydroxyl groups is 1. The Morgan fingerprint density at radius 2 is 1.98 bits per heavy atom. The van der Waals surface area contributed by atoms with Gasteiger partial charge in [0, 0.05) is 36.4 Å². The summed E-state index contributed by atoms with van der Waals surface area (Å²) in [5.41, 5.74) is 2.42. The molecule has 0 bridgehead atoms. The SMILES string of the molecule is Cc1cc(Oc2ccccc2)ccc1N1C(=O)NC2=C(C(=O)N[C@@H]3CCCN(C(=O)CO)C3)SC3NCCC1C23. The van der Waals surface area contributed by atoms with Crippen molar-refractivity contribution in [3.63, 3.8) is 0 Å². The predicted octanol–water partition coefficient (Wildman–Crippen LogP) is 2.68. The van der Waals surface area contributed by atoms with Crippen LogP contribution in [0.4, 0.5) is 10.5 Å². The molecule has 40 heavy (non-hydrogen) atoms. The molecule has 3 fully saturated rings. The Morgan fingerprint density at radius 3 is 2.75 bits per heavy atom. The molecule has 4 aliphatic heterocycles. The minimum atomic E-state index is -0.535. The van der Waals surface area contributed by atoms with Gasteiger partial charge < -0.3 is 30.7 Å². The van der Waals surface area contributed by atoms with E-state index in [1.54, 1.807) is 4.90 Å². The lowest BCUT2D eigenvalue weighted by Crippen LogP contribution is -2.62. The van der Waals surface area contributed by atoms with Crippen LogP contribution in [0.1, 0.15) is 24.8 Å². The fourth-order valence-corrected chi connectivity index (χ4v) is 7.56. The fraction of sp³-hybridized carbons (Fsp3) is 0.414. The van der Waals surface area contributed by atoms with E-state index >= 15 is 0 Å². The van der Waals surface area contributed by atoms with Crippen LogP contribution >= 0.6 is 11.8 Å². The molecule has 4 amide bonds. The van der Waals surface area contributed by atoms with Crippen LogP contribution in [0.15, 0.2) is 59.1 Å². The third-order valence-electron chi connectivity index (χ3n) is 8.00. The van der Waals surface area contributed by atoms with Crippen molar-refractivity contribution in [3.05, 3.63) is 64.7 Å². The van der Waals surface area contributed by atoms with E-state index in [4.69, 9.17) is 4.74 Å². The van der Waals surface area contributed by atoms with Crippen LogP contribution < -0.4 is 25.6 Å². The van der Waals surface area contributed by atoms with E-state index in [1.807, 2.05) is 60.4 Å². The Hall–Kier alpha value is -3.54. The van der Waals surface area contributed by atoms with Gasteiger partial charge in [0.05, 0.1) is 16.3 Å². The minimum absolute atomic E-state index is 0.0302. The smallest absolute Gasteiger partial charge is 0.326 e. The Balaban J connectivity index is 1.21. The maximum absolute atomic E-state index is 13.6. The highest BCUT2D eigenvalue weighted by Gasteiger charge is 2.52. The second-order valence-electron chi connectivity index (χ2n) is 10.6. The molecule has 11 heteroatoms. The number of urea groups is 1. The van der Waals surface area contributed by atoms with Crippen molar-refractivity contribution in [1.82, 2.24) is 20.9 Å². The second kappa shape index (κ2) is 11.1. The molecule has 0 aliphatic carbocycles. The van der Waals surface area contributed by atoms with Gasteiger partial charge in [-0.2, -0.15) is 0 Å². The molecular weight excluding hydrogens is 530 g/mol. The molecule has 4 heterocycles. The molecule has 10 nitrogen and oxygen atoms in total. The highest BCUT2D eigenvalue weighted by Crippen LogP contribution is 2.48. The van der Waals surface area contributed by atoms with E-state index in [0.717, 1.165) is 42.8 Å². The van der Waals surface area contributed by atoms with Gasteiger partial charge in [-0.25, -0.2) is 4.79 Å². The third-order valence-corrected chi connectivity index (χ3v) is 9.35. The number of rotatable bonds is 6. The van der Waals surface area contributed by atoms with Gasteiger partial charge in [0.1, 0.15) is 18.1 Å². The van der Waals surface area contributed by atoms with Gasteiger partial charge in [0.25, 0.3) is 5.91 Å². The molecule has 2 aromatic carbocycles. The average molecular weight is 564 g/mol. The summed E-state index contributed by atoms with van der Waals surface area (Å²) in [6.45, 7) is 3.12. The number of hydrogen-bond acceptors (Lipinski definition) is 7. The van der Waals surface area contributed by atoms with E-state index < -0.39 is 6.61 Å². The Kier molecular flexibility index (Phi) is 7.43. The molecule has 2 aromatic rings. The lowest BCUT2D eigenvalue weighted by Gasteiger charge is -2.46. The van der Waals surface area contributed by atoms with Crippen molar-refractivity contribution in [1.29, 1.82) is 0 Å². The normalized spacial score (nSPS) is 25.8. The van der Waals surface area contributed by atoms with E-state index in [2.05, 4.69) is 16.0 Å². The number of aliphatic hydroxyl groups excluding tert-OH is 1. The number of thioether (sulfide) groups is 1. The number of hydrogen-bond donors (Lipinski definition) is 4. The van der Waals surface area contributed by atoms with E-state index in [1.165, 1.54) is 11.8 Å². The van der Waals surface area contributed by atoms with Crippen LogP contribution in [-0.2, 0) is 9.59 Å². The zero-order chi connectivity index (χ0) is 27.8. The lowest BCUT2D eigenvalue weighted by atomic mass is 9.86. The first kappa shape index (κ1) is 26.7.